The molecule has 0 aliphatic rings. The van der Waals surface area contributed by atoms with E-state index in [-0.39, 0.29) is 0 Å². The molecule has 1 rings (SSSR count). The lowest BCUT2D eigenvalue weighted by Gasteiger charge is -2.12. The Morgan fingerprint density at radius 2 is 2.13 bits per heavy atom. The van der Waals surface area contributed by atoms with E-state index in [2.05, 4.69) is 16.2 Å². The largest absolute Gasteiger partial charge is 0.362 e. The van der Waals surface area contributed by atoms with Gasteiger partial charge in [-0.15, -0.1) is 0 Å². The molecule has 1 aromatic carbocycles. The van der Waals surface area contributed by atoms with E-state index in [0.29, 0.717) is 15.2 Å². The normalized spacial score (nSPS) is 9.53. The van der Waals surface area contributed by atoms with Crippen LogP contribution in [-0.4, -0.2) is 11.7 Å². The smallest absolute Gasteiger partial charge is 0.185 e. The number of hydrazine groups is 1. The van der Waals surface area contributed by atoms with Crippen molar-refractivity contribution in [2.45, 2.75) is 6.92 Å². The van der Waals surface area contributed by atoms with Crippen LogP contribution in [0.3, 0.4) is 0 Å². The first-order valence-corrected chi connectivity index (χ1v) is 5.54. The number of hydrogen-bond donors (Lipinski definition) is 3. The average Bonchev–Trinajstić information content (AvgIpc) is 2.17. The molecule has 3 N–H and O–H groups in total. The van der Waals surface area contributed by atoms with Crippen molar-refractivity contribution in [1.29, 1.82) is 0 Å². The maximum atomic E-state index is 5.94. The summed E-state index contributed by atoms with van der Waals surface area (Å²) in [5, 5.41) is 4.59. The number of halogens is 2. The van der Waals surface area contributed by atoms with Crippen LogP contribution >= 0.6 is 35.4 Å². The summed E-state index contributed by atoms with van der Waals surface area (Å²) in [5.74, 6) is 0. The van der Waals surface area contributed by atoms with Gasteiger partial charge in [0.1, 0.15) is 0 Å². The standard InChI is InChI=1S/C9H11Cl2N3S/c1-2-12-9(15)14-13-8-4-3-6(10)5-7(8)11/h3-5,13H,2H2,1H3,(H2,12,14,15). The molecule has 0 saturated carbocycles. The van der Waals surface area contributed by atoms with Gasteiger partial charge >= 0.3 is 0 Å². The van der Waals surface area contributed by atoms with Crippen LogP contribution in [0.15, 0.2) is 18.2 Å². The van der Waals surface area contributed by atoms with E-state index in [9.17, 15) is 0 Å². The van der Waals surface area contributed by atoms with Crippen molar-refractivity contribution in [3.8, 4) is 0 Å². The summed E-state index contributed by atoms with van der Waals surface area (Å²) in [7, 11) is 0. The van der Waals surface area contributed by atoms with Crippen molar-refractivity contribution in [3.05, 3.63) is 28.2 Å². The molecule has 0 bridgehead atoms. The van der Waals surface area contributed by atoms with Crippen molar-refractivity contribution in [2.75, 3.05) is 12.0 Å². The van der Waals surface area contributed by atoms with Crippen molar-refractivity contribution in [2.24, 2.45) is 0 Å². The van der Waals surface area contributed by atoms with E-state index in [1.165, 1.54) is 0 Å². The van der Waals surface area contributed by atoms with Crippen molar-refractivity contribution >= 4 is 46.2 Å². The summed E-state index contributed by atoms with van der Waals surface area (Å²) in [6, 6.07) is 5.17. The van der Waals surface area contributed by atoms with Gasteiger partial charge in [0.05, 0.1) is 10.7 Å². The van der Waals surface area contributed by atoms with Gasteiger partial charge in [0.15, 0.2) is 5.11 Å². The predicted molar refractivity (Wildman–Crippen MR) is 69.5 cm³/mol. The number of hydrogen-bond acceptors (Lipinski definition) is 2. The third-order valence-electron chi connectivity index (χ3n) is 1.58. The number of rotatable bonds is 3. The first kappa shape index (κ1) is 12.4. The Hall–Kier alpha value is -0.710. The summed E-state index contributed by atoms with van der Waals surface area (Å²) in [4.78, 5) is 0. The summed E-state index contributed by atoms with van der Waals surface area (Å²) in [6.07, 6.45) is 0. The molecule has 0 heterocycles. The second-order valence-corrected chi connectivity index (χ2v) is 3.99. The minimum Gasteiger partial charge on any atom is -0.362 e. The van der Waals surface area contributed by atoms with Crippen LogP contribution < -0.4 is 16.2 Å². The Kier molecular flexibility index (Phi) is 4.94. The second-order valence-electron chi connectivity index (χ2n) is 2.73. The van der Waals surface area contributed by atoms with Crippen LogP contribution in [0.25, 0.3) is 0 Å². The fourth-order valence-corrected chi connectivity index (χ4v) is 1.57. The minimum atomic E-state index is 0.517. The van der Waals surface area contributed by atoms with E-state index >= 15 is 0 Å². The van der Waals surface area contributed by atoms with Crippen LogP contribution in [0.2, 0.25) is 10.0 Å². The summed E-state index contributed by atoms with van der Waals surface area (Å²) in [5.41, 5.74) is 6.41. The number of anilines is 1. The predicted octanol–water partition coefficient (Wildman–Crippen LogP) is 2.80. The lowest BCUT2D eigenvalue weighted by atomic mass is 10.3. The highest BCUT2D eigenvalue weighted by Gasteiger charge is 2.00. The quantitative estimate of drug-likeness (QED) is 0.579. The van der Waals surface area contributed by atoms with Gasteiger partial charge in [-0.1, -0.05) is 23.2 Å². The van der Waals surface area contributed by atoms with Crippen LogP contribution in [0, 0.1) is 0 Å². The van der Waals surface area contributed by atoms with Gasteiger partial charge in [-0.25, -0.2) is 0 Å². The first-order valence-electron chi connectivity index (χ1n) is 4.38. The molecule has 1 aromatic rings. The first-order chi connectivity index (χ1) is 7.13. The van der Waals surface area contributed by atoms with Crippen molar-refractivity contribution in [1.82, 2.24) is 10.7 Å². The number of benzene rings is 1. The molecule has 82 valence electrons. The highest BCUT2D eigenvalue weighted by Crippen LogP contribution is 2.24. The van der Waals surface area contributed by atoms with Crippen LogP contribution in [-0.2, 0) is 0 Å². The number of nitrogens with one attached hydrogen (secondary N) is 3. The molecule has 0 atom stereocenters. The zero-order valence-corrected chi connectivity index (χ0v) is 10.4. The molecule has 0 aromatic heterocycles. The van der Waals surface area contributed by atoms with E-state index in [1.54, 1.807) is 18.2 Å². The molecule has 0 aliphatic carbocycles. The van der Waals surface area contributed by atoms with E-state index in [1.807, 2.05) is 6.92 Å². The van der Waals surface area contributed by atoms with E-state index < -0.39 is 0 Å². The van der Waals surface area contributed by atoms with Gasteiger partial charge < -0.3 is 5.32 Å². The number of thiocarbonyl (C=S) groups is 1. The van der Waals surface area contributed by atoms with Gasteiger partial charge in [-0.05, 0) is 37.3 Å². The Labute approximate surface area is 104 Å². The molecule has 15 heavy (non-hydrogen) atoms. The Morgan fingerprint density at radius 3 is 2.73 bits per heavy atom. The zero-order valence-electron chi connectivity index (χ0n) is 8.10. The summed E-state index contributed by atoms with van der Waals surface area (Å²) in [6.45, 7) is 2.73. The summed E-state index contributed by atoms with van der Waals surface area (Å²) < 4.78 is 0. The van der Waals surface area contributed by atoms with Gasteiger partial charge in [-0.3, -0.25) is 10.9 Å². The Bertz CT molecular complexity index is 357. The second kappa shape index (κ2) is 6.00. The molecule has 0 fully saturated rings. The third kappa shape index (κ3) is 4.11. The highest BCUT2D eigenvalue weighted by atomic mass is 35.5. The van der Waals surface area contributed by atoms with Crippen molar-refractivity contribution in [3.63, 3.8) is 0 Å². The Morgan fingerprint density at radius 1 is 1.40 bits per heavy atom. The van der Waals surface area contributed by atoms with Crippen LogP contribution in [0.5, 0.6) is 0 Å². The SMILES string of the molecule is CCNC(=S)NNc1ccc(Cl)cc1Cl. The molecule has 0 aliphatic heterocycles. The maximum Gasteiger partial charge on any atom is 0.185 e. The summed E-state index contributed by atoms with van der Waals surface area (Å²) >= 11 is 16.7. The van der Waals surface area contributed by atoms with Crippen molar-refractivity contribution < 1.29 is 0 Å². The molecule has 3 nitrogen and oxygen atoms in total. The molecular weight excluding hydrogens is 253 g/mol. The van der Waals surface area contributed by atoms with E-state index in [4.69, 9.17) is 35.4 Å². The van der Waals surface area contributed by atoms with E-state index in [0.717, 1.165) is 12.2 Å². The van der Waals surface area contributed by atoms with Gasteiger partial charge in [-0.2, -0.15) is 0 Å². The molecule has 6 heteroatoms. The maximum absolute atomic E-state index is 5.94. The topological polar surface area (TPSA) is 36.1 Å². The average molecular weight is 264 g/mol. The molecule has 0 unspecified atom stereocenters. The van der Waals surface area contributed by atoms with Gasteiger partial charge in [0, 0.05) is 11.6 Å². The fourth-order valence-electron chi connectivity index (χ4n) is 0.920. The molecule has 0 radical (unpaired) electrons. The molecular formula is C9H11Cl2N3S. The lowest BCUT2D eigenvalue weighted by Crippen LogP contribution is -2.38. The van der Waals surface area contributed by atoms with Crippen LogP contribution in [0.1, 0.15) is 6.92 Å². The zero-order chi connectivity index (χ0) is 11.3. The lowest BCUT2D eigenvalue weighted by molar-refractivity contribution is 0.928. The molecule has 0 spiro atoms. The van der Waals surface area contributed by atoms with Gasteiger partial charge in [0.2, 0.25) is 0 Å². The fraction of sp³-hybridized carbons (Fsp3) is 0.222. The monoisotopic (exact) mass is 263 g/mol. The minimum absolute atomic E-state index is 0.517. The highest BCUT2D eigenvalue weighted by molar-refractivity contribution is 7.80. The van der Waals surface area contributed by atoms with Crippen LogP contribution in [0.4, 0.5) is 5.69 Å². The Balaban J connectivity index is 2.54. The third-order valence-corrected chi connectivity index (χ3v) is 2.37. The molecule has 0 saturated heterocycles. The molecule has 0 amide bonds. The van der Waals surface area contributed by atoms with Gasteiger partial charge in [0.25, 0.3) is 0 Å².